The quantitative estimate of drug-likeness (QED) is 0.752. The fourth-order valence-electron chi connectivity index (χ4n) is 2.82. The van der Waals surface area contributed by atoms with E-state index in [1.54, 1.807) is 13.3 Å². The number of methoxy groups -OCH3 is 1. The molecular formula is C19H16ClN3O3. The van der Waals surface area contributed by atoms with Crippen LogP contribution < -0.4 is 19.5 Å². The zero-order chi connectivity index (χ0) is 17.2. The highest BCUT2D eigenvalue weighted by Crippen LogP contribution is 2.33. The molecule has 26 heavy (non-hydrogen) atoms. The highest BCUT2D eigenvalue weighted by molar-refractivity contribution is 5.94. The lowest BCUT2D eigenvalue weighted by molar-refractivity contribution is 0.174. The second-order valence-electron chi connectivity index (χ2n) is 5.58. The van der Waals surface area contributed by atoms with Gasteiger partial charge in [-0.05, 0) is 29.8 Å². The van der Waals surface area contributed by atoms with E-state index in [2.05, 4.69) is 16.4 Å². The number of benzene rings is 2. The van der Waals surface area contributed by atoms with Crippen molar-refractivity contribution in [3.63, 3.8) is 0 Å². The number of anilines is 1. The van der Waals surface area contributed by atoms with E-state index in [1.807, 2.05) is 36.4 Å². The molecule has 2 aromatic carbocycles. The van der Waals surface area contributed by atoms with E-state index in [-0.39, 0.29) is 19.2 Å². The molecule has 0 atom stereocenters. The molecule has 1 aliphatic rings. The average molecular weight is 370 g/mol. The first-order chi connectivity index (χ1) is 12.3. The Labute approximate surface area is 156 Å². The molecule has 0 amide bonds. The Bertz CT molecular complexity index is 1000. The smallest absolute Gasteiger partial charge is 0.231 e. The second kappa shape index (κ2) is 7.38. The first-order valence-corrected chi connectivity index (χ1v) is 7.78. The Morgan fingerprint density at radius 1 is 1.19 bits per heavy atom. The number of aromatic nitrogens is 1. The summed E-state index contributed by atoms with van der Waals surface area (Å²) < 4.78 is 16.0. The van der Waals surface area contributed by atoms with Crippen molar-refractivity contribution in [2.24, 2.45) is 0 Å². The number of nitriles is 1. The lowest BCUT2D eigenvalue weighted by Gasteiger charge is -2.12. The molecule has 1 aliphatic heterocycles. The highest BCUT2D eigenvalue weighted by Gasteiger charge is 2.14. The molecule has 6 nitrogen and oxygen atoms in total. The zero-order valence-corrected chi connectivity index (χ0v) is 14.8. The predicted octanol–water partition coefficient (Wildman–Crippen LogP) is 3.88. The van der Waals surface area contributed by atoms with Crippen LogP contribution >= 0.6 is 12.4 Å². The summed E-state index contributed by atoms with van der Waals surface area (Å²) in [5, 5.41) is 13.6. The molecule has 1 N–H and O–H groups in total. The molecule has 0 bridgehead atoms. The van der Waals surface area contributed by atoms with Gasteiger partial charge in [0.1, 0.15) is 11.8 Å². The van der Waals surface area contributed by atoms with Crippen molar-refractivity contribution in [1.82, 2.24) is 4.98 Å². The van der Waals surface area contributed by atoms with Crippen molar-refractivity contribution in [2.75, 3.05) is 19.2 Å². The zero-order valence-electron chi connectivity index (χ0n) is 14.0. The van der Waals surface area contributed by atoms with Crippen LogP contribution in [-0.4, -0.2) is 18.9 Å². The molecule has 0 fully saturated rings. The predicted molar refractivity (Wildman–Crippen MR) is 100 cm³/mol. The summed E-state index contributed by atoms with van der Waals surface area (Å²) in [6.07, 6.45) is 1.57. The minimum absolute atomic E-state index is 0. The Balaban J connectivity index is 0.00000196. The van der Waals surface area contributed by atoms with Crippen LogP contribution in [-0.2, 0) is 6.54 Å². The summed E-state index contributed by atoms with van der Waals surface area (Å²) in [6.45, 7) is 0.804. The third-order valence-corrected chi connectivity index (χ3v) is 4.10. The number of pyridine rings is 1. The Morgan fingerprint density at radius 2 is 2.04 bits per heavy atom. The third kappa shape index (κ3) is 3.17. The lowest BCUT2D eigenvalue weighted by Crippen LogP contribution is -2.03. The van der Waals surface area contributed by atoms with Crippen molar-refractivity contribution < 1.29 is 14.2 Å². The topological polar surface area (TPSA) is 76.4 Å². The van der Waals surface area contributed by atoms with Crippen molar-refractivity contribution in [1.29, 1.82) is 5.26 Å². The number of hydrogen-bond acceptors (Lipinski definition) is 6. The van der Waals surface area contributed by atoms with Gasteiger partial charge in [0.2, 0.25) is 6.79 Å². The number of hydrogen-bond donors (Lipinski definition) is 1. The number of fused-ring (bicyclic) bond motifs is 2. The van der Waals surface area contributed by atoms with Crippen LogP contribution in [0.25, 0.3) is 10.9 Å². The molecule has 7 heteroatoms. The van der Waals surface area contributed by atoms with Gasteiger partial charge >= 0.3 is 0 Å². The molecule has 3 aromatic rings. The van der Waals surface area contributed by atoms with Gasteiger partial charge in [0, 0.05) is 24.2 Å². The molecule has 0 unspecified atom stereocenters. The molecule has 132 valence electrons. The second-order valence-corrected chi connectivity index (χ2v) is 5.58. The van der Waals surface area contributed by atoms with E-state index >= 15 is 0 Å². The normalized spacial score (nSPS) is 11.5. The maximum absolute atomic E-state index is 9.41. The Kier molecular flexibility index (Phi) is 5.01. The third-order valence-electron chi connectivity index (χ3n) is 4.10. The van der Waals surface area contributed by atoms with E-state index < -0.39 is 0 Å². The van der Waals surface area contributed by atoms with Crippen molar-refractivity contribution >= 4 is 29.0 Å². The van der Waals surface area contributed by atoms with Crippen molar-refractivity contribution in [2.45, 2.75) is 6.54 Å². The summed E-state index contributed by atoms with van der Waals surface area (Å²) in [7, 11) is 1.61. The van der Waals surface area contributed by atoms with E-state index in [0.29, 0.717) is 12.1 Å². The number of halogens is 1. The monoisotopic (exact) mass is 369 g/mol. The minimum atomic E-state index is 0. The molecule has 4 rings (SSSR count). The summed E-state index contributed by atoms with van der Waals surface area (Å²) in [4.78, 5) is 4.34. The van der Waals surface area contributed by atoms with Gasteiger partial charge in [0.05, 0.1) is 23.9 Å². The van der Waals surface area contributed by atoms with Crippen molar-refractivity contribution in [3.05, 3.63) is 53.7 Å². The molecule has 0 saturated carbocycles. The molecule has 0 saturated heterocycles. The summed E-state index contributed by atoms with van der Waals surface area (Å²) in [5.74, 6) is 2.22. The Morgan fingerprint density at radius 3 is 2.85 bits per heavy atom. The molecule has 0 spiro atoms. The fraction of sp³-hybridized carbons (Fsp3) is 0.158. The number of nitrogens with one attached hydrogen (secondary N) is 1. The largest absolute Gasteiger partial charge is 0.497 e. The maximum Gasteiger partial charge on any atom is 0.231 e. The van der Waals surface area contributed by atoms with Gasteiger partial charge in [-0.1, -0.05) is 6.07 Å². The van der Waals surface area contributed by atoms with E-state index in [0.717, 1.165) is 39.4 Å². The SMILES string of the molecule is COc1ccc2c(NCc3ccc4c(c3)OCO4)c(C#N)cnc2c1.Cl. The van der Waals surface area contributed by atoms with Crippen LogP contribution in [0, 0.1) is 11.3 Å². The van der Waals surface area contributed by atoms with Gasteiger partial charge in [-0.15, -0.1) is 12.4 Å². The molecule has 2 heterocycles. The highest BCUT2D eigenvalue weighted by atomic mass is 35.5. The van der Waals surface area contributed by atoms with Crippen LogP contribution in [0.2, 0.25) is 0 Å². The van der Waals surface area contributed by atoms with Gasteiger partial charge in [-0.25, -0.2) is 0 Å². The van der Waals surface area contributed by atoms with Crippen LogP contribution in [0.5, 0.6) is 17.2 Å². The molecule has 0 radical (unpaired) electrons. The maximum atomic E-state index is 9.41. The van der Waals surface area contributed by atoms with Gasteiger partial charge in [-0.2, -0.15) is 5.26 Å². The summed E-state index contributed by atoms with van der Waals surface area (Å²) >= 11 is 0. The first kappa shape index (κ1) is 17.6. The van der Waals surface area contributed by atoms with Crippen LogP contribution in [0.4, 0.5) is 5.69 Å². The van der Waals surface area contributed by atoms with Gasteiger partial charge in [-0.3, -0.25) is 4.98 Å². The van der Waals surface area contributed by atoms with Gasteiger partial charge in [0.25, 0.3) is 0 Å². The van der Waals surface area contributed by atoms with Crippen LogP contribution in [0.15, 0.2) is 42.6 Å². The number of rotatable bonds is 4. The average Bonchev–Trinajstić information content (AvgIpc) is 3.13. The van der Waals surface area contributed by atoms with Crippen LogP contribution in [0.1, 0.15) is 11.1 Å². The summed E-state index contributed by atoms with van der Waals surface area (Å²) in [5.41, 5.74) is 3.06. The molecular weight excluding hydrogens is 354 g/mol. The van der Waals surface area contributed by atoms with E-state index in [9.17, 15) is 5.26 Å². The minimum Gasteiger partial charge on any atom is -0.497 e. The molecule has 0 aliphatic carbocycles. The van der Waals surface area contributed by atoms with Crippen LogP contribution in [0.3, 0.4) is 0 Å². The van der Waals surface area contributed by atoms with Crippen molar-refractivity contribution in [3.8, 4) is 23.3 Å². The van der Waals surface area contributed by atoms with Gasteiger partial charge < -0.3 is 19.5 Å². The fourth-order valence-corrected chi connectivity index (χ4v) is 2.82. The lowest BCUT2D eigenvalue weighted by atomic mass is 10.1. The number of nitrogens with zero attached hydrogens (tertiary/aromatic N) is 2. The van der Waals surface area contributed by atoms with E-state index in [1.165, 1.54) is 0 Å². The van der Waals surface area contributed by atoms with E-state index in [4.69, 9.17) is 14.2 Å². The standard InChI is InChI=1S/C19H15N3O3.ClH/c1-23-14-3-4-15-16(7-14)21-10-13(8-20)19(15)22-9-12-2-5-17-18(6-12)25-11-24-17;/h2-7,10H,9,11H2,1H3,(H,21,22);1H. The first-order valence-electron chi connectivity index (χ1n) is 7.78. The summed E-state index contributed by atoms with van der Waals surface area (Å²) in [6, 6.07) is 13.6. The number of ether oxygens (including phenoxy) is 3. The Hall–Kier alpha value is -3.17. The van der Waals surface area contributed by atoms with Gasteiger partial charge in [0.15, 0.2) is 11.5 Å². The molecule has 1 aromatic heterocycles.